The van der Waals surface area contributed by atoms with Gasteiger partial charge < -0.3 is 20.6 Å². The van der Waals surface area contributed by atoms with E-state index in [9.17, 15) is 4.79 Å². The normalized spacial score (nSPS) is 18.8. The molecule has 1 aliphatic rings. The Morgan fingerprint density at radius 2 is 2.00 bits per heavy atom. The van der Waals surface area contributed by atoms with Crippen molar-refractivity contribution in [2.24, 2.45) is 16.8 Å². The lowest BCUT2D eigenvalue weighted by Gasteiger charge is -2.33. The molecule has 0 saturated carbocycles. The Morgan fingerprint density at radius 3 is 2.44 bits per heavy atom. The number of nitrogens with zero attached hydrogens (tertiary/aromatic N) is 2. The van der Waals surface area contributed by atoms with E-state index in [1.165, 1.54) is 0 Å². The second kappa shape index (κ2) is 5.93. The third-order valence-electron chi connectivity index (χ3n) is 2.89. The number of ether oxygens (including phenoxy) is 1. The molecule has 6 heteroatoms. The smallest absolute Gasteiger partial charge is 0.410 e. The maximum atomic E-state index is 11.8. The second-order valence-electron chi connectivity index (χ2n) is 5.71. The number of amidine groups is 1. The van der Waals surface area contributed by atoms with Crippen molar-refractivity contribution >= 4 is 11.9 Å². The van der Waals surface area contributed by atoms with E-state index in [-0.39, 0.29) is 11.9 Å². The molecule has 0 spiro atoms. The quantitative estimate of drug-likeness (QED) is 0.341. The van der Waals surface area contributed by atoms with Crippen LogP contribution >= 0.6 is 0 Å². The number of hydrogen-bond donors (Lipinski definition) is 2. The number of carbonyl (C=O) groups is 1. The van der Waals surface area contributed by atoms with E-state index in [1.54, 1.807) is 4.90 Å². The number of likely N-dealkylation sites (tertiary alicyclic amines) is 1. The van der Waals surface area contributed by atoms with Crippen molar-refractivity contribution in [1.29, 1.82) is 0 Å². The van der Waals surface area contributed by atoms with Gasteiger partial charge in [-0.3, -0.25) is 0 Å². The zero-order valence-electron chi connectivity index (χ0n) is 11.3. The van der Waals surface area contributed by atoms with Gasteiger partial charge in [-0.05, 0) is 39.5 Å². The fourth-order valence-corrected chi connectivity index (χ4v) is 1.98. The van der Waals surface area contributed by atoms with Crippen LogP contribution in [0.3, 0.4) is 0 Å². The van der Waals surface area contributed by atoms with Crippen molar-refractivity contribution in [3.63, 3.8) is 0 Å². The maximum absolute atomic E-state index is 11.8. The molecule has 18 heavy (non-hydrogen) atoms. The lowest BCUT2D eigenvalue weighted by atomic mass is 9.93. The van der Waals surface area contributed by atoms with Gasteiger partial charge in [-0.15, -0.1) is 0 Å². The van der Waals surface area contributed by atoms with E-state index >= 15 is 0 Å². The Bertz CT molecular complexity index is 315. The first kappa shape index (κ1) is 14.6. The van der Waals surface area contributed by atoms with Gasteiger partial charge in [-0.2, -0.15) is 0 Å². The monoisotopic (exact) mass is 257 g/mol. The summed E-state index contributed by atoms with van der Waals surface area (Å²) in [6.07, 6.45) is 2.04. The topological polar surface area (TPSA) is 88.2 Å². The summed E-state index contributed by atoms with van der Waals surface area (Å²) in [6.45, 7) is 6.90. The van der Waals surface area contributed by atoms with Crippen LogP contribution in [0.25, 0.3) is 0 Å². The third kappa shape index (κ3) is 4.81. The molecule has 0 aromatic carbocycles. The van der Waals surface area contributed by atoms with Gasteiger partial charge in [0.05, 0.1) is 0 Å². The first-order valence-corrected chi connectivity index (χ1v) is 6.26. The summed E-state index contributed by atoms with van der Waals surface area (Å²) in [6, 6.07) is 0. The number of nitrogens with two attached hydrogens (primary N) is 1. The zero-order chi connectivity index (χ0) is 13.8. The highest BCUT2D eigenvalue weighted by molar-refractivity contribution is 5.79. The number of hydrogen-bond acceptors (Lipinski definition) is 4. The van der Waals surface area contributed by atoms with Gasteiger partial charge >= 0.3 is 6.09 Å². The Morgan fingerprint density at radius 1 is 1.44 bits per heavy atom. The molecule has 1 amide bonds. The van der Waals surface area contributed by atoms with Crippen LogP contribution < -0.4 is 5.73 Å². The highest BCUT2D eigenvalue weighted by Crippen LogP contribution is 2.22. The largest absolute Gasteiger partial charge is 0.444 e. The standard InChI is InChI=1S/C12H23N3O3/c1-12(2,3)18-11(16)15-6-4-9(5-7-15)8-10(13)14-17/h9,17H,4-8H2,1-3H3,(H2,13,14). The molecule has 0 radical (unpaired) electrons. The number of carbonyl (C=O) groups excluding carboxylic acids is 1. The summed E-state index contributed by atoms with van der Waals surface area (Å²) in [4.78, 5) is 13.5. The minimum Gasteiger partial charge on any atom is -0.444 e. The summed E-state index contributed by atoms with van der Waals surface area (Å²) < 4.78 is 5.31. The first-order valence-electron chi connectivity index (χ1n) is 6.26. The molecule has 0 bridgehead atoms. The van der Waals surface area contributed by atoms with Crippen LogP contribution in [0.15, 0.2) is 5.16 Å². The van der Waals surface area contributed by atoms with Crippen LogP contribution in [0.2, 0.25) is 0 Å². The van der Waals surface area contributed by atoms with Gasteiger partial charge in [0.2, 0.25) is 0 Å². The Balaban J connectivity index is 2.37. The molecule has 104 valence electrons. The zero-order valence-corrected chi connectivity index (χ0v) is 11.3. The Kier molecular flexibility index (Phi) is 4.81. The van der Waals surface area contributed by atoms with Crippen LogP contribution in [0.1, 0.15) is 40.0 Å². The molecule has 0 unspecified atom stereocenters. The van der Waals surface area contributed by atoms with Crippen molar-refractivity contribution in [3.05, 3.63) is 0 Å². The fourth-order valence-electron chi connectivity index (χ4n) is 1.98. The van der Waals surface area contributed by atoms with Crippen molar-refractivity contribution in [3.8, 4) is 0 Å². The lowest BCUT2D eigenvalue weighted by Crippen LogP contribution is -2.42. The van der Waals surface area contributed by atoms with Crippen LogP contribution in [0.4, 0.5) is 4.79 Å². The van der Waals surface area contributed by atoms with Gasteiger partial charge in [-0.25, -0.2) is 4.79 Å². The summed E-state index contributed by atoms with van der Waals surface area (Å²) in [7, 11) is 0. The van der Waals surface area contributed by atoms with Crippen molar-refractivity contribution in [2.75, 3.05) is 13.1 Å². The highest BCUT2D eigenvalue weighted by Gasteiger charge is 2.27. The molecule has 0 aromatic rings. The lowest BCUT2D eigenvalue weighted by molar-refractivity contribution is 0.0186. The minimum absolute atomic E-state index is 0.255. The van der Waals surface area contributed by atoms with Crippen LogP contribution in [0.5, 0.6) is 0 Å². The Hall–Kier alpha value is -1.46. The summed E-state index contributed by atoms with van der Waals surface area (Å²) in [5.74, 6) is 0.630. The predicted molar refractivity (Wildman–Crippen MR) is 68.6 cm³/mol. The molecule has 1 rings (SSSR count). The van der Waals surface area contributed by atoms with Crippen LogP contribution in [0, 0.1) is 5.92 Å². The molecular formula is C12H23N3O3. The molecule has 3 N–H and O–H groups in total. The SMILES string of the molecule is CC(C)(C)OC(=O)N1CCC(C/C(N)=N\O)CC1. The molecule has 1 fully saturated rings. The van der Waals surface area contributed by atoms with Gasteiger partial charge in [0.15, 0.2) is 0 Å². The molecule has 6 nitrogen and oxygen atoms in total. The van der Waals surface area contributed by atoms with Crippen LogP contribution in [-0.2, 0) is 4.74 Å². The fraction of sp³-hybridized carbons (Fsp3) is 0.833. The van der Waals surface area contributed by atoms with E-state index < -0.39 is 5.60 Å². The maximum Gasteiger partial charge on any atom is 0.410 e. The van der Waals surface area contributed by atoms with E-state index in [4.69, 9.17) is 15.7 Å². The molecule has 1 aliphatic heterocycles. The molecule has 1 heterocycles. The minimum atomic E-state index is -0.456. The molecular weight excluding hydrogens is 234 g/mol. The Labute approximate surface area is 108 Å². The predicted octanol–water partition coefficient (Wildman–Crippen LogP) is 1.77. The highest BCUT2D eigenvalue weighted by atomic mass is 16.6. The van der Waals surface area contributed by atoms with Crippen molar-refractivity contribution < 1.29 is 14.7 Å². The van der Waals surface area contributed by atoms with E-state index in [2.05, 4.69) is 5.16 Å². The van der Waals surface area contributed by atoms with Gasteiger partial charge in [0, 0.05) is 19.5 Å². The van der Waals surface area contributed by atoms with Crippen molar-refractivity contribution in [2.45, 2.75) is 45.6 Å². The molecule has 0 atom stereocenters. The summed E-state index contributed by atoms with van der Waals surface area (Å²) in [5, 5.41) is 11.5. The van der Waals surface area contributed by atoms with Gasteiger partial charge in [0.1, 0.15) is 11.4 Å². The molecule has 0 aromatic heterocycles. The average Bonchev–Trinajstić information content (AvgIpc) is 2.27. The third-order valence-corrected chi connectivity index (χ3v) is 2.89. The first-order chi connectivity index (χ1) is 8.31. The van der Waals surface area contributed by atoms with E-state index in [0.29, 0.717) is 25.4 Å². The van der Waals surface area contributed by atoms with E-state index in [1.807, 2.05) is 20.8 Å². The second-order valence-corrected chi connectivity index (χ2v) is 5.71. The molecule has 1 saturated heterocycles. The summed E-state index contributed by atoms with van der Waals surface area (Å²) in [5.41, 5.74) is 5.02. The number of oxime groups is 1. The number of piperidine rings is 1. The number of rotatable bonds is 2. The van der Waals surface area contributed by atoms with Crippen LogP contribution in [-0.4, -0.2) is 40.7 Å². The van der Waals surface area contributed by atoms with Crippen molar-refractivity contribution in [1.82, 2.24) is 4.90 Å². The summed E-state index contributed by atoms with van der Waals surface area (Å²) >= 11 is 0. The van der Waals surface area contributed by atoms with Gasteiger partial charge in [0.25, 0.3) is 0 Å². The average molecular weight is 257 g/mol. The van der Waals surface area contributed by atoms with Gasteiger partial charge in [-0.1, -0.05) is 5.16 Å². The molecule has 0 aliphatic carbocycles. The number of amides is 1. The van der Waals surface area contributed by atoms with E-state index in [0.717, 1.165) is 12.8 Å².